The number of hydrogen-bond acceptors (Lipinski definition) is 3. The Bertz CT molecular complexity index is 805. The predicted octanol–water partition coefficient (Wildman–Crippen LogP) is 2.69. The van der Waals surface area contributed by atoms with Gasteiger partial charge in [0.25, 0.3) is 5.91 Å². The number of aromatic nitrogens is 1. The van der Waals surface area contributed by atoms with Crippen LogP contribution in [-0.4, -0.2) is 41.5 Å². The Kier molecular flexibility index (Phi) is 3.49. The minimum atomic E-state index is -4.61. The van der Waals surface area contributed by atoms with Crippen LogP contribution < -0.4 is 5.32 Å². The zero-order valence-electron chi connectivity index (χ0n) is 12.8. The van der Waals surface area contributed by atoms with Gasteiger partial charge >= 0.3 is 6.18 Å². The van der Waals surface area contributed by atoms with Crippen molar-refractivity contribution in [1.29, 1.82) is 0 Å². The third kappa shape index (κ3) is 2.34. The molecule has 2 fully saturated rings. The van der Waals surface area contributed by atoms with Gasteiger partial charge in [0.05, 0.1) is 16.6 Å². The number of benzene rings is 1. The predicted molar refractivity (Wildman–Crippen MR) is 82.5 cm³/mol. The van der Waals surface area contributed by atoms with E-state index in [2.05, 4.69) is 10.3 Å². The molecule has 3 heterocycles. The van der Waals surface area contributed by atoms with Crippen molar-refractivity contribution in [2.75, 3.05) is 19.6 Å². The summed E-state index contributed by atoms with van der Waals surface area (Å²) >= 11 is 0. The SMILES string of the molecule is O=C(c1cnc2ccccc2c1C(F)(F)F)N1CC[C@H]2CNC[C@H]21. The van der Waals surface area contributed by atoms with Crippen LogP contribution in [0.3, 0.4) is 0 Å². The molecule has 4 rings (SSSR count). The van der Waals surface area contributed by atoms with Crippen LogP contribution in [0, 0.1) is 5.92 Å². The summed E-state index contributed by atoms with van der Waals surface area (Å²) in [4.78, 5) is 18.5. The zero-order valence-corrected chi connectivity index (χ0v) is 12.8. The molecule has 2 saturated heterocycles. The molecule has 4 nitrogen and oxygen atoms in total. The minimum Gasteiger partial charge on any atom is -0.334 e. The summed E-state index contributed by atoms with van der Waals surface area (Å²) in [5.74, 6) is -0.242. The van der Waals surface area contributed by atoms with E-state index in [0.717, 1.165) is 19.2 Å². The Balaban J connectivity index is 1.83. The van der Waals surface area contributed by atoms with Crippen molar-refractivity contribution in [3.8, 4) is 0 Å². The first kappa shape index (κ1) is 15.4. The fraction of sp³-hybridized carbons (Fsp3) is 0.412. The number of hydrogen-bond donors (Lipinski definition) is 1. The lowest BCUT2D eigenvalue weighted by Crippen LogP contribution is -2.40. The number of nitrogens with one attached hydrogen (secondary N) is 1. The molecule has 2 atom stereocenters. The molecule has 1 N–H and O–H groups in total. The van der Waals surface area contributed by atoms with E-state index in [1.807, 2.05) is 0 Å². The number of carbonyl (C=O) groups is 1. The molecule has 1 amide bonds. The third-order valence-corrected chi connectivity index (χ3v) is 5.00. The van der Waals surface area contributed by atoms with Crippen LogP contribution in [0.4, 0.5) is 13.2 Å². The highest BCUT2D eigenvalue weighted by Crippen LogP contribution is 2.38. The van der Waals surface area contributed by atoms with Gasteiger partial charge in [-0.1, -0.05) is 18.2 Å². The molecule has 2 aliphatic heterocycles. The van der Waals surface area contributed by atoms with E-state index in [-0.39, 0.29) is 22.5 Å². The number of pyridine rings is 1. The second kappa shape index (κ2) is 5.44. The Morgan fingerprint density at radius 3 is 2.83 bits per heavy atom. The molecule has 0 unspecified atom stereocenters. The van der Waals surface area contributed by atoms with Crippen LogP contribution in [0.5, 0.6) is 0 Å². The van der Waals surface area contributed by atoms with Crippen molar-refractivity contribution in [3.63, 3.8) is 0 Å². The van der Waals surface area contributed by atoms with Gasteiger partial charge in [0.2, 0.25) is 0 Å². The Morgan fingerprint density at radius 1 is 1.25 bits per heavy atom. The highest BCUT2D eigenvalue weighted by Gasteiger charge is 2.43. The van der Waals surface area contributed by atoms with Crippen molar-refractivity contribution in [2.24, 2.45) is 5.92 Å². The minimum absolute atomic E-state index is 0.0231. The van der Waals surface area contributed by atoms with E-state index in [4.69, 9.17) is 0 Å². The molecule has 24 heavy (non-hydrogen) atoms. The van der Waals surface area contributed by atoms with Gasteiger partial charge in [0.1, 0.15) is 0 Å². The number of para-hydroxylation sites is 1. The first-order valence-electron chi connectivity index (χ1n) is 7.93. The van der Waals surface area contributed by atoms with Gasteiger partial charge < -0.3 is 10.2 Å². The lowest BCUT2D eigenvalue weighted by Gasteiger charge is -2.25. The van der Waals surface area contributed by atoms with Crippen molar-refractivity contribution < 1.29 is 18.0 Å². The largest absolute Gasteiger partial charge is 0.417 e. The molecule has 0 radical (unpaired) electrons. The molecule has 2 aromatic rings. The van der Waals surface area contributed by atoms with E-state index < -0.39 is 17.6 Å². The number of fused-ring (bicyclic) bond motifs is 2. The normalized spacial score (nSPS) is 23.7. The van der Waals surface area contributed by atoms with Crippen molar-refractivity contribution >= 4 is 16.8 Å². The highest BCUT2D eigenvalue weighted by atomic mass is 19.4. The number of alkyl halides is 3. The quantitative estimate of drug-likeness (QED) is 0.871. The fourth-order valence-electron chi connectivity index (χ4n) is 3.86. The molecule has 0 spiro atoms. The summed E-state index contributed by atoms with van der Waals surface area (Å²) in [6, 6.07) is 6.02. The maximum absolute atomic E-state index is 13.7. The van der Waals surface area contributed by atoms with Crippen LogP contribution in [0.2, 0.25) is 0 Å². The number of halogens is 3. The molecular formula is C17H16F3N3O. The lowest BCUT2D eigenvalue weighted by molar-refractivity contribution is -0.136. The molecule has 1 aromatic carbocycles. The lowest BCUT2D eigenvalue weighted by atomic mass is 10.0. The summed E-state index contributed by atoms with van der Waals surface area (Å²) in [6.45, 7) is 1.95. The van der Waals surface area contributed by atoms with Crippen LogP contribution >= 0.6 is 0 Å². The summed E-state index contributed by atoms with van der Waals surface area (Å²) in [6.07, 6.45) is -2.71. The second-order valence-corrected chi connectivity index (χ2v) is 6.33. The van der Waals surface area contributed by atoms with Crippen molar-refractivity contribution in [1.82, 2.24) is 15.2 Å². The molecule has 7 heteroatoms. The molecule has 126 valence electrons. The highest BCUT2D eigenvalue weighted by molar-refractivity contribution is 6.00. The van der Waals surface area contributed by atoms with Crippen LogP contribution in [0.1, 0.15) is 22.3 Å². The van der Waals surface area contributed by atoms with E-state index in [9.17, 15) is 18.0 Å². The summed E-state index contributed by atoms with van der Waals surface area (Å²) in [5, 5.41) is 3.17. The van der Waals surface area contributed by atoms with Gasteiger partial charge in [-0.2, -0.15) is 13.2 Å². The van der Waals surface area contributed by atoms with Gasteiger partial charge in [0, 0.05) is 37.3 Å². The van der Waals surface area contributed by atoms with E-state index >= 15 is 0 Å². The summed E-state index contributed by atoms with van der Waals surface area (Å²) in [5.41, 5.74) is -0.996. The molecule has 0 saturated carbocycles. The molecular weight excluding hydrogens is 319 g/mol. The van der Waals surface area contributed by atoms with Crippen molar-refractivity contribution in [2.45, 2.75) is 18.6 Å². The average Bonchev–Trinajstić information content (AvgIpc) is 3.15. The monoisotopic (exact) mass is 335 g/mol. The van der Waals surface area contributed by atoms with Gasteiger partial charge in [0.15, 0.2) is 0 Å². The zero-order chi connectivity index (χ0) is 16.9. The molecule has 1 aromatic heterocycles. The van der Waals surface area contributed by atoms with E-state index in [0.29, 0.717) is 19.0 Å². The first-order valence-corrected chi connectivity index (χ1v) is 7.93. The number of amides is 1. The van der Waals surface area contributed by atoms with Crippen LogP contribution in [0.15, 0.2) is 30.5 Å². The Labute approximate surface area is 136 Å². The van der Waals surface area contributed by atoms with Crippen LogP contribution in [-0.2, 0) is 6.18 Å². The van der Waals surface area contributed by atoms with E-state index in [1.54, 1.807) is 11.0 Å². The number of likely N-dealkylation sites (tertiary alicyclic amines) is 1. The maximum Gasteiger partial charge on any atom is 0.417 e. The Hall–Kier alpha value is -2.15. The van der Waals surface area contributed by atoms with Gasteiger partial charge in [-0.15, -0.1) is 0 Å². The van der Waals surface area contributed by atoms with Crippen molar-refractivity contribution in [3.05, 3.63) is 41.6 Å². The molecule has 0 aliphatic carbocycles. The van der Waals surface area contributed by atoms with Gasteiger partial charge in [-0.3, -0.25) is 9.78 Å². The second-order valence-electron chi connectivity index (χ2n) is 6.33. The smallest absolute Gasteiger partial charge is 0.334 e. The van der Waals surface area contributed by atoms with Gasteiger partial charge in [-0.05, 0) is 18.4 Å². The van der Waals surface area contributed by atoms with Crippen LogP contribution in [0.25, 0.3) is 10.9 Å². The summed E-state index contributed by atoms with van der Waals surface area (Å²) < 4.78 is 41.0. The third-order valence-electron chi connectivity index (χ3n) is 5.00. The van der Waals surface area contributed by atoms with E-state index in [1.165, 1.54) is 18.2 Å². The number of nitrogens with zero attached hydrogens (tertiary/aromatic N) is 2. The molecule has 0 bridgehead atoms. The average molecular weight is 335 g/mol. The first-order chi connectivity index (χ1) is 11.5. The maximum atomic E-state index is 13.7. The number of carbonyl (C=O) groups excluding carboxylic acids is 1. The molecule has 2 aliphatic rings. The number of rotatable bonds is 1. The fourth-order valence-corrected chi connectivity index (χ4v) is 3.86. The summed E-state index contributed by atoms with van der Waals surface area (Å²) in [7, 11) is 0. The standard InChI is InChI=1S/C17H16F3N3O/c18-17(19,20)15-11-3-1-2-4-13(11)22-8-12(15)16(24)23-6-5-10-7-21-9-14(10)23/h1-4,8,10,14,21H,5-7,9H2/t10-,14+/m0/s1. The van der Waals surface area contributed by atoms with Gasteiger partial charge in [-0.25, -0.2) is 0 Å². The topological polar surface area (TPSA) is 45.2 Å². The Morgan fingerprint density at radius 2 is 2.04 bits per heavy atom.